The second kappa shape index (κ2) is 6.75. The number of hydrogen-bond acceptors (Lipinski definition) is 4. The monoisotopic (exact) mass is 303 g/mol. The molecular formula is C17H25N3O2. The molecule has 1 amide bonds. The Hall–Kier alpha value is -1.46. The van der Waals surface area contributed by atoms with Crippen molar-refractivity contribution >= 4 is 5.91 Å². The van der Waals surface area contributed by atoms with Crippen LogP contribution in [0.15, 0.2) is 24.5 Å². The first kappa shape index (κ1) is 15.4. The number of likely N-dealkylation sites (tertiary alicyclic amines) is 1. The molecule has 3 rings (SSSR count). The van der Waals surface area contributed by atoms with Crippen molar-refractivity contribution in [1.82, 2.24) is 14.8 Å². The number of aromatic nitrogens is 1. The Labute approximate surface area is 132 Å². The van der Waals surface area contributed by atoms with E-state index in [9.17, 15) is 4.79 Å². The first-order valence-corrected chi connectivity index (χ1v) is 8.06. The molecule has 0 N–H and O–H groups in total. The van der Waals surface area contributed by atoms with Crippen LogP contribution in [0.1, 0.15) is 18.4 Å². The van der Waals surface area contributed by atoms with Gasteiger partial charge in [0.25, 0.3) is 0 Å². The molecule has 1 aromatic rings. The van der Waals surface area contributed by atoms with Crippen LogP contribution in [0.3, 0.4) is 0 Å². The van der Waals surface area contributed by atoms with Crippen LogP contribution in [0.2, 0.25) is 0 Å². The highest BCUT2D eigenvalue weighted by Gasteiger charge is 2.41. The quantitative estimate of drug-likeness (QED) is 0.843. The van der Waals surface area contributed by atoms with Crippen LogP contribution in [0.5, 0.6) is 0 Å². The second-order valence-corrected chi connectivity index (χ2v) is 6.67. The third kappa shape index (κ3) is 3.47. The lowest BCUT2D eigenvalue weighted by Gasteiger charge is -2.35. The van der Waals surface area contributed by atoms with Crippen molar-refractivity contribution < 1.29 is 9.53 Å². The second-order valence-electron chi connectivity index (χ2n) is 6.67. The maximum Gasteiger partial charge on any atom is 0.224 e. The molecule has 0 bridgehead atoms. The molecule has 3 heterocycles. The standard InChI is InChI=1S/C17H25N3O2/c1-19(2)17(21)8-16-15-5-7-20(11-14(15)12-22-16)10-13-4-3-6-18-9-13/h3-4,6,9,14-16H,5,7-8,10-12H2,1-2H3/t14-,15-,16+/m1/s1. The Bertz CT molecular complexity index is 506. The number of piperidine rings is 1. The molecule has 2 fully saturated rings. The molecule has 5 nitrogen and oxygen atoms in total. The molecule has 2 aliphatic rings. The number of amides is 1. The molecule has 1 aromatic heterocycles. The predicted molar refractivity (Wildman–Crippen MR) is 84.2 cm³/mol. The van der Waals surface area contributed by atoms with Gasteiger partial charge in [-0.1, -0.05) is 6.07 Å². The van der Waals surface area contributed by atoms with Crippen LogP contribution in [0.25, 0.3) is 0 Å². The molecule has 0 saturated carbocycles. The highest BCUT2D eigenvalue weighted by atomic mass is 16.5. The maximum atomic E-state index is 11.9. The van der Waals surface area contributed by atoms with Crippen LogP contribution in [-0.2, 0) is 16.1 Å². The summed E-state index contributed by atoms with van der Waals surface area (Å²) in [6.07, 6.45) is 5.51. The minimum absolute atomic E-state index is 0.112. The van der Waals surface area contributed by atoms with Gasteiger partial charge in [0, 0.05) is 45.5 Å². The Morgan fingerprint density at radius 2 is 2.36 bits per heavy atom. The summed E-state index contributed by atoms with van der Waals surface area (Å²) in [7, 11) is 3.62. The lowest BCUT2D eigenvalue weighted by molar-refractivity contribution is -0.131. The number of rotatable bonds is 4. The highest BCUT2D eigenvalue weighted by Crippen LogP contribution is 2.36. The van der Waals surface area contributed by atoms with Gasteiger partial charge in [-0.05, 0) is 30.5 Å². The Morgan fingerprint density at radius 3 is 3.09 bits per heavy atom. The molecule has 0 aliphatic carbocycles. The van der Waals surface area contributed by atoms with Crippen LogP contribution in [0, 0.1) is 11.8 Å². The summed E-state index contributed by atoms with van der Waals surface area (Å²) in [5.74, 6) is 1.27. The van der Waals surface area contributed by atoms with Gasteiger partial charge in [-0.25, -0.2) is 0 Å². The third-order valence-corrected chi connectivity index (χ3v) is 4.88. The van der Waals surface area contributed by atoms with E-state index in [1.807, 2.05) is 32.6 Å². The van der Waals surface area contributed by atoms with E-state index in [2.05, 4.69) is 16.0 Å². The number of carbonyl (C=O) groups excluding carboxylic acids is 1. The van der Waals surface area contributed by atoms with E-state index in [0.29, 0.717) is 18.3 Å². The Morgan fingerprint density at radius 1 is 1.50 bits per heavy atom. The van der Waals surface area contributed by atoms with Crippen molar-refractivity contribution in [3.8, 4) is 0 Å². The van der Waals surface area contributed by atoms with E-state index in [0.717, 1.165) is 32.7 Å². The molecule has 0 aromatic carbocycles. The Balaban J connectivity index is 1.54. The van der Waals surface area contributed by atoms with E-state index in [-0.39, 0.29) is 12.0 Å². The number of hydrogen-bond donors (Lipinski definition) is 0. The fourth-order valence-electron chi connectivity index (χ4n) is 3.62. The molecule has 5 heteroatoms. The van der Waals surface area contributed by atoms with Crippen molar-refractivity contribution in [3.63, 3.8) is 0 Å². The van der Waals surface area contributed by atoms with Gasteiger partial charge in [0.2, 0.25) is 5.91 Å². The van der Waals surface area contributed by atoms with Gasteiger partial charge < -0.3 is 9.64 Å². The van der Waals surface area contributed by atoms with Gasteiger partial charge in [0.15, 0.2) is 0 Å². The van der Waals surface area contributed by atoms with Gasteiger partial charge in [0.05, 0.1) is 19.1 Å². The zero-order valence-corrected chi connectivity index (χ0v) is 13.4. The summed E-state index contributed by atoms with van der Waals surface area (Å²) < 4.78 is 5.93. The molecule has 120 valence electrons. The van der Waals surface area contributed by atoms with E-state index >= 15 is 0 Å². The zero-order valence-electron chi connectivity index (χ0n) is 13.4. The van der Waals surface area contributed by atoms with Gasteiger partial charge >= 0.3 is 0 Å². The molecule has 3 atom stereocenters. The number of fused-ring (bicyclic) bond motifs is 1. The van der Waals surface area contributed by atoms with Crippen molar-refractivity contribution in [2.24, 2.45) is 11.8 Å². The zero-order chi connectivity index (χ0) is 15.5. The number of nitrogens with zero attached hydrogens (tertiary/aromatic N) is 3. The maximum absolute atomic E-state index is 11.9. The van der Waals surface area contributed by atoms with Crippen molar-refractivity contribution in [1.29, 1.82) is 0 Å². The van der Waals surface area contributed by atoms with Gasteiger partial charge in [-0.15, -0.1) is 0 Å². The Kier molecular flexibility index (Phi) is 4.74. The van der Waals surface area contributed by atoms with Gasteiger partial charge in [0.1, 0.15) is 0 Å². The summed E-state index contributed by atoms with van der Waals surface area (Å²) in [6.45, 7) is 3.89. The predicted octanol–water partition coefficient (Wildman–Crippen LogP) is 1.40. The van der Waals surface area contributed by atoms with Crippen LogP contribution < -0.4 is 0 Å². The molecular weight excluding hydrogens is 278 g/mol. The van der Waals surface area contributed by atoms with E-state index < -0.39 is 0 Å². The summed E-state index contributed by atoms with van der Waals surface area (Å²) in [5.41, 5.74) is 1.26. The average molecular weight is 303 g/mol. The van der Waals surface area contributed by atoms with Gasteiger partial charge in [-0.3, -0.25) is 14.7 Å². The van der Waals surface area contributed by atoms with Crippen LogP contribution in [-0.4, -0.2) is 60.6 Å². The normalized spacial score (nSPS) is 28.4. The first-order valence-electron chi connectivity index (χ1n) is 8.06. The van der Waals surface area contributed by atoms with E-state index in [1.54, 1.807) is 4.90 Å². The minimum Gasteiger partial charge on any atom is -0.377 e. The van der Waals surface area contributed by atoms with E-state index in [4.69, 9.17) is 4.74 Å². The fraction of sp³-hybridized carbons (Fsp3) is 0.647. The number of ether oxygens (including phenoxy) is 1. The van der Waals surface area contributed by atoms with Crippen molar-refractivity contribution in [2.75, 3.05) is 33.8 Å². The van der Waals surface area contributed by atoms with Crippen molar-refractivity contribution in [2.45, 2.75) is 25.5 Å². The molecule has 22 heavy (non-hydrogen) atoms. The lowest BCUT2D eigenvalue weighted by Crippen LogP contribution is -2.41. The fourth-order valence-corrected chi connectivity index (χ4v) is 3.62. The van der Waals surface area contributed by atoms with Gasteiger partial charge in [-0.2, -0.15) is 0 Å². The molecule has 2 saturated heterocycles. The highest BCUT2D eigenvalue weighted by molar-refractivity contribution is 5.76. The first-order chi connectivity index (χ1) is 10.6. The summed E-state index contributed by atoms with van der Waals surface area (Å²) in [5, 5.41) is 0. The molecule has 2 aliphatic heterocycles. The number of carbonyl (C=O) groups is 1. The average Bonchev–Trinajstić information content (AvgIpc) is 2.90. The SMILES string of the molecule is CN(C)C(=O)C[C@@H]1OC[C@H]2CN(Cc3cccnc3)CC[C@H]21. The topological polar surface area (TPSA) is 45.7 Å². The summed E-state index contributed by atoms with van der Waals surface area (Å²) in [4.78, 5) is 20.2. The van der Waals surface area contributed by atoms with E-state index in [1.165, 1.54) is 5.56 Å². The summed E-state index contributed by atoms with van der Waals surface area (Å²) in [6, 6.07) is 4.12. The lowest BCUT2D eigenvalue weighted by atomic mass is 9.83. The molecule has 0 radical (unpaired) electrons. The third-order valence-electron chi connectivity index (χ3n) is 4.88. The molecule has 0 spiro atoms. The smallest absolute Gasteiger partial charge is 0.224 e. The largest absolute Gasteiger partial charge is 0.377 e. The van der Waals surface area contributed by atoms with Crippen molar-refractivity contribution in [3.05, 3.63) is 30.1 Å². The van der Waals surface area contributed by atoms with Crippen LogP contribution >= 0.6 is 0 Å². The molecule has 0 unspecified atom stereocenters. The van der Waals surface area contributed by atoms with Crippen LogP contribution in [0.4, 0.5) is 0 Å². The summed E-state index contributed by atoms with van der Waals surface area (Å²) >= 11 is 0. The minimum atomic E-state index is 0.112. The number of pyridine rings is 1.